The largest absolute Gasteiger partial charge is 0.468 e. The molecule has 1 unspecified atom stereocenters. The summed E-state index contributed by atoms with van der Waals surface area (Å²) in [4.78, 5) is 250. The van der Waals surface area contributed by atoms with Crippen molar-refractivity contribution in [2.24, 2.45) is 0 Å². The molecule has 1 atom stereocenters. The third-order valence-electron chi connectivity index (χ3n) is 19.8. The van der Waals surface area contributed by atoms with Crippen molar-refractivity contribution in [3.63, 3.8) is 0 Å². The van der Waals surface area contributed by atoms with Gasteiger partial charge < -0.3 is 93.2 Å². The van der Waals surface area contributed by atoms with E-state index >= 15 is 0 Å². The molecule has 8 N–H and O–H groups in total. The molecule has 0 radical (unpaired) electrons. The number of alkyl carbamates (subject to hydrolysis) is 2. The molecule has 10 aromatic rings. The van der Waals surface area contributed by atoms with Crippen molar-refractivity contribution in [1.29, 1.82) is 0 Å². The van der Waals surface area contributed by atoms with Crippen LogP contribution in [-0.2, 0) is 122 Å². The van der Waals surface area contributed by atoms with E-state index in [0.717, 1.165) is 61.7 Å². The minimum atomic E-state index is -1.05. The Balaban J connectivity index is 0.802. The first-order valence-electron chi connectivity index (χ1n) is 41.9. The minimum absolute atomic E-state index is 0.0132. The lowest BCUT2D eigenvalue weighted by molar-refractivity contribution is -0.147. The molecular formula is C87H99N25O21. The number of hydrogen-bond donors (Lipinski definition) is 8. The maximum Gasteiger partial charge on any atom is 0.413 e. The average Bonchev–Trinajstić information content (AvgIpc) is 1.68. The third kappa shape index (κ3) is 30.3. The zero-order valence-electron chi connectivity index (χ0n) is 73.3. The number of Topliss-reactive ketones (excluding diaryl/α,β-unsaturated/α-hetero) is 1. The number of ketones is 1. The maximum absolute atomic E-state index is 14.9. The van der Waals surface area contributed by atoms with E-state index in [0.29, 0.717) is 11.1 Å². The number of fused-ring (bicyclic) bond motifs is 3. The quantitative estimate of drug-likeness (QED) is 0.0114. The van der Waals surface area contributed by atoms with Gasteiger partial charge in [0.2, 0.25) is 47.3 Å². The van der Waals surface area contributed by atoms with Gasteiger partial charge in [0.05, 0.1) is 52.1 Å². The summed E-state index contributed by atoms with van der Waals surface area (Å²) in [5.41, 5.74) is 2.53. The predicted octanol–water partition coefficient (Wildman–Crippen LogP) is 4.28. The summed E-state index contributed by atoms with van der Waals surface area (Å²) in [5, 5.41) is 21.1. The molecule has 1 aliphatic heterocycles. The fourth-order valence-corrected chi connectivity index (χ4v) is 13.2. The lowest BCUT2D eigenvalue weighted by Crippen LogP contribution is -2.53. The highest BCUT2D eigenvalue weighted by molar-refractivity contribution is 6.10. The summed E-state index contributed by atoms with van der Waals surface area (Å²) in [6, 6.07) is 34.6. The molecule has 46 heteroatoms. The standard InChI is InChI=1S/C87H99N25O21/c1-57-37-108(67(117)36-63(57)113)42-68(118)107(41-66(116)101-62(28-18-19-29-90-82(123)129-47-58-20-10-6-11-21-58)38-109(46-72(122)128-5)71(121)45-112-56-100-75-78(94-53-97-81(75)112)104-86(127)132-50-61-26-16-9-17-27-61)34-31-89-64(114)39-105(69(119)43-110-54-98-73-76(92-51-95-79(73)110)102-84(125)130-48-59-22-12-7-13-23-59)33-30-88-65(115)40-106(35-32-91-83(124)133-87(2,3)4)70(120)44-111-55-99-74-77(93-52-96-80(74)111)103-85(126)131-49-60-24-14-8-15-25-60/h6-17,20-27,37,51-56,62H,18-19,28-36,38-50H2,1-5H3,(H,88,115)(H,89,114)(H,90,123)(H,91,124)(H,101,116)(H,92,95,102,125)(H,93,96,103,126)(H,94,97,104,127). The Hall–Kier alpha value is -16.5. The van der Waals surface area contributed by atoms with Crippen LogP contribution >= 0.6 is 0 Å². The normalized spacial score (nSPS) is 12.0. The number of hydrogen-bond acceptors (Lipinski definition) is 30. The van der Waals surface area contributed by atoms with Crippen LogP contribution in [0.3, 0.4) is 0 Å². The Bertz CT molecular complexity index is 5840. The van der Waals surface area contributed by atoms with Crippen LogP contribution in [0.4, 0.5) is 41.4 Å². The van der Waals surface area contributed by atoms with Gasteiger partial charge >= 0.3 is 36.4 Å². The van der Waals surface area contributed by atoms with E-state index in [9.17, 15) is 71.9 Å². The number of ether oxygens (including phenoxy) is 6. The molecule has 0 fully saturated rings. The topological polar surface area (TPSA) is 555 Å². The molecule has 0 saturated heterocycles. The zero-order chi connectivity index (χ0) is 94.8. The van der Waals surface area contributed by atoms with E-state index in [1.165, 1.54) is 45.8 Å². The summed E-state index contributed by atoms with van der Waals surface area (Å²) < 4.78 is 35.9. The number of rotatable bonds is 44. The number of unbranched alkanes of at least 4 members (excludes halogenated alkanes) is 1. The first-order valence-corrected chi connectivity index (χ1v) is 41.9. The highest BCUT2D eigenvalue weighted by atomic mass is 16.6. The van der Waals surface area contributed by atoms with Crippen molar-refractivity contribution in [3.05, 3.63) is 193 Å². The summed E-state index contributed by atoms with van der Waals surface area (Å²) in [5.74, 6) is -7.85. The van der Waals surface area contributed by atoms with E-state index in [-0.39, 0.29) is 135 Å². The second-order valence-electron chi connectivity index (χ2n) is 31.0. The molecular weight excluding hydrogens is 1730 g/mol. The van der Waals surface area contributed by atoms with Crippen molar-refractivity contribution < 1.29 is 100 Å². The number of methoxy groups -OCH3 is 1. The van der Waals surface area contributed by atoms with Crippen molar-refractivity contribution >= 4 is 140 Å². The van der Waals surface area contributed by atoms with Gasteiger partial charge in [-0.15, -0.1) is 0 Å². The third-order valence-corrected chi connectivity index (χ3v) is 19.8. The second kappa shape index (κ2) is 48.1. The summed E-state index contributed by atoms with van der Waals surface area (Å²) in [6.45, 7) is -1.52. The number of esters is 1. The number of aromatic nitrogens is 12. The van der Waals surface area contributed by atoms with Gasteiger partial charge in [0.15, 0.2) is 56.7 Å². The number of imidazole rings is 3. The molecule has 698 valence electrons. The van der Waals surface area contributed by atoms with Crippen molar-refractivity contribution in [2.75, 3.05) is 108 Å². The molecule has 4 aromatic carbocycles. The van der Waals surface area contributed by atoms with E-state index in [4.69, 9.17) is 28.4 Å². The Morgan fingerprint density at radius 1 is 0.421 bits per heavy atom. The van der Waals surface area contributed by atoms with Gasteiger partial charge in [0.1, 0.15) is 83.7 Å². The fraction of sp³-hybridized carbons (Fsp3) is 0.356. The first-order chi connectivity index (χ1) is 64.1. The number of carbonyl (C=O) groups excluding carboxylic acids is 15. The van der Waals surface area contributed by atoms with Crippen LogP contribution < -0.4 is 42.5 Å². The van der Waals surface area contributed by atoms with Gasteiger partial charge in [-0.2, -0.15) is 0 Å². The summed E-state index contributed by atoms with van der Waals surface area (Å²) >= 11 is 0. The number of carbonyl (C=O) groups is 15. The van der Waals surface area contributed by atoms with E-state index in [1.54, 1.807) is 124 Å². The summed E-state index contributed by atoms with van der Waals surface area (Å²) in [6.07, 6.45) is 4.17. The number of amides is 13. The fourth-order valence-electron chi connectivity index (χ4n) is 13.2. The van der Waals surface area contributed by atoms with Crippen LogP contribution in [0.5, 0.6) is 0 Å². The Morgan fingerprint density at radius 2 is 0.789 bits per heavy atom. The monoisotopic (exact) mass is 1830 g/mol. The molecule has 7 heterocycles. The van der Waals surface area contributed by atoms with Gasteiger partial charge in [-0.25, -0.2) is 68.8 Å². The Morgan fingerprint density at radius 3 is 1.19 bits per heavy atom. The van der Waals surface area contributed by atoms with E-state index in [2.05, 4.69) is 87.4 Å². The molecule has 133 heavy (non-hydrogen) atoms. The molecule has 46 nitrogen and oxygen atoms in total. The molecule has 6 aromatic heterocycles. The molecule has 0 aliphatic carbocycles. The van der Waals surface area contributed by atoms with Crippen molar-refractivity contribution in [2.45, 2.75) is 111 Å². The lowest BCUT2D eigenvalue weighted by atomic mass is 10.1. The van der Waals surface area contributed by atoms with E-state index in [1.807, 2.05) is 18.2 Å². The summed E-state index contributed by atoms with van der Waals surface area (Å²) in [7, 11) is 1.10. The van der Waals surface area contributed by atoms with E-state index < -0.39 is 180 Å². The maximum atomic E-state index is 14.9. The van der Waals surface area contributed by atoms with Gasteiger partial charge in [0, 0.05) is 70.2 Å². The van der Waals surface area contributed by atoms with Crippen LogP contribution in [0, 0.1) is 0 Å². The van der Waals surface area contributed by atoms with Crippen LogP contribution in [0.25, 0.3) is 33.5 Å². The molecule has 1 aliphatic rings. The second-order valence-corrected chi connectivity index (χ2v) is 31.0. The van der Waals surface area contributed by atoms with Gasteiger partial charge in [-0.3, -0.25) is 63.9 Å². The van der Waals surface area contributed by atoms with Gasteiger partial charge in [-0.1, -0.05) is 121 Å². The number of nitrogens with one attached hydrogen (secondary N) is 8. The SMILES string of the molecule is COC(=O)CN(CC(CCCCNC(=O)OCc1ccccc1)NC(=O)CN(CCNC(=O)CN(CCNC(=O)CN(CCNC(=O)OC(C)(C)C)C(=O)Cn1cnc2c(NC(=O)OCc3ccccc3)ncnc21)C(=O)Cn1cnc2c(NC(=O)OCc3ccccc3)ncnc21)C(=O)CN1C=C(C)C(=O)CC1=O)C(=O)Cn1cnc2c(NC(=O)OCc3ccccc3)ncnc21. The molecule has 0 saturated carbocycles. The Labute approximate surface area is 759 Å². The van der Waals surface area contributed by atoms with Crippen LogP contribution in [0.15, 0.2) is 171 Å². The molecule has 0 spiro atoms. The number of anilines is 3. The molecule has 0 bridgehead atoms. The van der Waals surface area contributed by atoms with Crippen molar-refractivity contribution in [1.82, 2.24) is 110 Å². The number of nitrogens with zero attached hydrogens (tertiary/aromatic N) is 17. The average molecular weight is 1830 g/mol. The number of benzene rings is 4. The highest BCUT2D eigenvalue weighted by Gasteiger charge is 2.32. The van der Waals surface area contributed by atoms with Crippen LogP contribution in [0.2, 0.25) is 0 Å². The minimum Gasteiger partial charge on any atom is -0.468 e. The molecule has 11 rings (SSSR count). The first kappa shape index (κ1) is 97.1. The van der Waals surface area contributed by atoms with Gasteiger partial charge in [0.25, 0.3) is 0 Å². The predicted molar refractivity (Wildman–Crippen MR) is 471 cm³/mol. The lowest BCUT2D eigenvalue weighted by Gasteiger charge is -2.30. The number of allylic oxidation sites excluding steroid dienone is 1. The highest BCUT2D eigenvalue weighted by Crippen LogP contribution is 2.24. The van der Waals surface area contributed by atoms with Crippen LogP contribution in [-0.4, -0.2) is 276 Å². The zero-order valence-corrected chi connectivity index (χ0v) is 73.3. The smallest absolute Gasteiger partial charge is 0.413 e. The Kier molecular flexibility index (Phi) is 35.1. The van der Waals surface area contributed by atoms with Gasteiger partial charge in [-0.05, 0) is 69.2 Å². The van der Waals surface area contributed by atoms with Crippen LogP contribution in [0.1, 0.15) is 75.6 Å². The van der Waals surface area contributed by atoms with Crippen molar-refractivity contribution in [3.8, 4) is 0 Å². The molecule has 13 amide bonds.